The molecule has 0 saturated carbocycles. The molecule has 2 rings (SSSR count). The van der Waals surface area contributed by atoms with Gasteiger partial charge in [-0.3, -0.25) is 4.79 Å². The van der Waals surface area contributed by atoms with Crippen LogP contribution in [0.2, 0.25) is 0 Å². The Morgan fingerprint density at radius 3 is 2.48 bits per heavy atom. The standard InChI is InChI=1S/C17H17BrINO3/c1-22-15-9-11(13(18)10-16(15)23-2)7-8-20-17(21)12-5-3-4-6-14(12)19/h3-6,9-10H,7-8H2,1-2H3,(H,20,21). The highest BCUT2D eigenvalue weighted by atomic mass is 127. The lowest BCUT2D eigenvalue weighted by Crippen LogP contribution is -2.26. The summed E-state index contributed by atoms with van der Waals surface area (Å²) in [4.78, 5) is 12.2. The topological polar surface area (TPSA) is 47.6 Å². The molecule has 0 aliphatic heterocycles. The molecular formula is C17H17BrINO3. The molecule has 0 aliphatic rings. The molecule has 0 bridgehead atoms. The van der Waals surface area contributed by atoms with Crippen LogP contribution < -0.4 is 14.8 Å². The average Bonchev–Trinajstić information content (AvgIpc) is 2.56. The Morgan fingerprint density at radius 2 is 1.83 bits per heavy atom. The predicted molar refractivity (Wildman–Crippen MR) is 102 cm³/mol. The molecule has 2 aromatic rings. The molecular weight excluding hydrogens is 473 g/mol. The van der Waals surface area contributed by atoms with Gasteiger partial charge >= 0.3 is 0 Å². The van der Waals surface area contributed by atoms with Gasteiger partial charge in [0, 0.05) is 14.6 Å². The van der Waals surface area contributed by atoms with E-state index in [1.165, 1.54) is 0 Å². The zero-order valence-electron chi connectivity index (χ0n) is 12.9. The SMILES string of the molecule is COc1cc(Br)c(CCNC(=O)c2ccccc2I)cc1OC. The summed E-state index contributed by atoms with van der Waals surface area (Å²) in [6.07, 6.45) is 0.691. The van der Waals surface area contributed by atoms with Gasteiger partial charge in [-0.15, -0.1) is 0 Å². The van der Waals surface area contributed by atoms with Gasteiger partial charge in [0.15, 0.2) is 11.5 Å². The molecule has 122 valence electrons. The van der Waals surface area contributed by atoms with Crippen molar-refractivity contribution in [2.75, 3.05) is 20.8 Å². The van der Waals surface area contributed by atoms with Crippen molar-refractivity contribution in [3.05, 3.63) is 55.6 Å². The van der Waals surface area contributed by atoms with Crippen LogP contribution in [0.3, 0.4) is 0 Å². The first-order valence-corrected chi connectivity index (χ1v) is 8.87. The van der Waals surface area contributed by atoms with Crippen molar-refractivity contribution in [2.24, 2.45) is 0 Å². The fraction of sp³-hybridized carbons (Fsp3) is 0.235. The molecule has 0 fully saturated rings. The van der Waals surface area contributed by atoms with E-state index in [1.54, 1.807) is 14.2 Å². The van der Waals surface area contributed by atoms with Crippen molar-refractivity contribution in [3.8, 4) is 11.5 Å². The van der Waals surface area contributed by atoms with Crippen molar-refractivity contribution in [1.29, 1.82) is 0 Å². The Hall–Kier alpha value is -1.28. The maximum atomic E-state index is 12.2. The number of carbonyl (C=O) groups is 1. The Bertz CT molecular complexity index is 706. The van der Waals surface area contributed by atoms with E-state index in [0.29, 0.717) is 30.0 Å². The zero-order valence-corrected chi connectivity index (χ0v) is 16.6. The first-order chi connectivity index (χ1) is 11.1. The van der Waals surface area contributed by atoms with Gasteiger partial charge in [0.25, 0.3) is 5.91 Å². The van der Waals surface area contributed by atoms with Gasteiger partial charge in [0.05, 0.1) is 19.8 Å². The first-order valence-electron chi connectivity index (χ1n) is 7.00. The van der Waals surface area contributed by atoms with E-state index in [0.717, 1.165) is 13.6 Å². The summed E-state index contributed by atoms with van der Waals surface area (Å²) in [5, 5.41) is 2.94. The molecule has 0 unspecified atom stereocenters. The average molecular weight is 490 g/mol. The molecule has 0 aromatic heterocycles. The van der Waals surface area contributed by atoms with Crippen LogP contribution in [-0.4, -0.2) is 26.7 Å². The zero-order chi connectivity index (χ0) is 16.8. The lowest BCUT2D eigenvalue weighted by atomic mass is 10.1. The maximum Gasteiger partial charge on any atom is 0.252 e. The number of hydrogen-bond donors (Lipinski definition) is 1. The van der Waals surface area contributed by atoms with Crippen molar-refractivity contribution in [2.45, 2.75) is 6.42 Å². The lowest BCUT2D eigenvalue weighted by molar-refractivity contribution is 0.0953. The minimum absolute atomic E-state index is 0.0633. The number of rotatable bonds is 6. The molecule has 2 aromatic carbocycles. The van der Waals surface area contributed by atoms with Gasteiger partial charge in [-0.2, -0.15) is 0 Å². The summed E-state index contributed by atoms with van der Waals surface area (Å²) in [5.74, 6) is 1.28. The van der Waals surface area contributed by atoms with Crippen LogP contribution in [0.4, 0.5) is 0 Å². The van der Waals surface area contributed by atoms with E-state index in [2.05, 4.69) is 43.8 Å². The highest BCUT2D eigenvalue weighted by Gasteiger charge is 2.11. The third-order valence-electron chi connectivity index (χ3n) is 3.35. The monoisotopic (exact) mass is 489 g/mol. The Labute approximate surface area is 157 Å². The molecule has 0 radical (unpaired) electrons. The molecule has 6 heteroatoms. The second-order valence-corrected chi connectivity index (χ2v) is 6.80. The van der Waals surface area contributed by atoms with Crippen molar-refractivity contribution < 1.29 is 14.3 Å². The molecule has 0 atom stereocenters. The van der Waals surface area contributed by atoms with E-state index in [1.807, 2.05) is 36.4 Å². The van der Waals surface area contributed by atoms with Crippen LogP contribution in [0.5, 0.6) is 11.5 Å². The fourth-order valence-electron chi connectivity index (χ4n) is 2.14. The van der Waals surface area contributed by atoms with Gasteiger partial charge in [0.1, 0.15) is 0 Å². The number of benzene rings is 2. The van der Waals surface area contributed by atoms with Gasteiger partial charge in [-0.1, -0.05) is 28.1 Å². The summed E-state index contributed by atoms with van der Waals surface area (Å²) >= 11 is 5.69. The molecule has 4 nitrogen and oxygen atoms in total. The quantitative estimate of drug-likeness (QED) is 0.623. The number of ether oxygens (including phenoxy) is 2. The molecule has 0 spiro atoms. The Morgan fingerprint density at radius 1 is 1.17 bits per heavy atom. The minimum Gasteiger partial charge on any atom is -0.493 e. The number of halogens is 2. The number of amides is 1. The number of carbonyl (C=O) groups excluding carboxylic acids is 1. The van der Waals surface area contributed by atoms with Crippen LogP contribution >= 0.6 is 38.5 Å². The van der Waals surface area contributed by atoms with Gasteiger partial charge in [-0.25, -0.2) is 0 Å². The van der Waals surface area contributed by atoms with E-state index in [-0.39, 0.29) is 5.91 Å². The summed E-state index contributed by atoms with van der Waals surface area (Å²) in [6.45, 7) is 0.540. The number of hydrogen-bond acceptors (Lipinski definition) is 3. The van der Waals surface area contributed by atoms with E-state index in [4.69, 9.17) is 9.47 Å². The maximum absolute atomic E-state index is 12.2. The lowest BCUT2D eigenvalue weighted by Gasteiger charge is -2.12. The van der Waals surface area contributed by atoms with E-state index < -0.39 is 0 Å². The van der Waals surface area contributed by atoms with Crippen molar-refractivity contribution >= 4 is 44.4 Å². The van der Waals surface area contributed by atoms with Crippen molar-refractivity contribution in [3.63, 3.8) is 0 Å². The van der Waals surface area contributed by atoms with Gasteiger partial charge < -0.3 is 14.8 Å². The smallest absolute Gasteiger partial charge is 0.252 e. The van der Waals surface area contributed by atoms with Crippen LogP contribution in [0.1, 0.15) is 15.9 Å². The molecule has 1 amide bonds. The fourth-order valence-corrected chi connectivity index (χ4v) is 3.29. The summed E-state index contributed by atoms with van der Waals surface area (Å²) < 4.78 is 12.4. The number of methoxy groups -OCH3 is 2. The molecule has 0 heterocycles. The van der Waals surface area contributed by atoms with Crippen LogP contribution in [0, 0.1) is 3.57 Å². The molecule has 23 heavy (non-hydrogen) atoms. The second-order valence-electron chi connectivity index (χ2n) is 4.78. The third-order valence-corrected chi connectivity index (χ3v) is 5.03. The largest absolute Gasteiger partial charge is 0.493 e. The summed E-state index contributed by atoms with van der Waals surface area (Å²) in [5.41, 5.74) is 1.74. The second kappa shape index (κ2) is 8.54. The highest BCUT2D eigenvalue weighted by molar-refractivity contribution is 14.1. The van der Waals surface area contributed by atoms with Crippen LogP contribution in [0.25, 0.3) is 0 Å². The summed E-state index contributed by atoms with van der Waals surface area (Å²) in [7, 11) is 3.21. The summed E-state index contributed by atoms with van der Waals surface area (Å²) in [6, 6.07) is 11.3. The first kappa shape index (κ1) is 18.1. The Kier molecular flexibility index (Phi) is 6.71. The normalized spacial score (nSPS) is 10.3. The van der Waals surface area contributed by atoms with Gasteiger partial charge in [0.2, 0.25) is 0 Å². The number of nitrogens with one attached hydrogen (secondary N) is 1. The molecule has 1 N–H and O–H groups in total. The van der Waals surface area contributed by atoms with E-state index >= 15 is 0 Å². The minimum atomic E-state index is -0.0633. The predicted octanol–water partition coefficient (Wildman–Crippen LogP) is 4.04. The Balaban J connectivity index is 2.01. The highest BCUT2D eigenvalue weighted by Crippen LogP contribution is 2.33. The third kappa shape index (κ3) is 4.60. The van der Waals surface area contributed by atoms with Crippen LogP contribution in [-0.2, 0) is 6.42 Å². The molecule has 0 aliphatic carbocycles. The van der Waals surface area contributed by atoms with Gasteiger partial charge in [-0.05, 0) is 58.8 Å². The molecule has 0 saturated heterocycles. The van der Waals surface area contributed by atoms with Crippen LogP contribution in [0.15, 0.2) is 40.9 Å². The van der Waals surface area contributed by atoms with E-state index in [9.17, 15) is 4.79 Å². The van der Waals surface area contributed by atoms with Crippen molar-refractivity contribution in [1.82, 2.24) is 5.32 Å².